The van der Waals surface area contributed by atoms with Gasteiger partial charge in [0.1, 0.15) is 12.1 Å². The molecule has 5 nitrogen and oxygen atoms in total. The van der Waals surface area contributed by atoms with Crippen LogP contribution in [0.3, 0.4) is 0 Å². The van der Waals surface area contributed by atoms with Crippen molar-refractivity contribution < 1.29 is 0 Å². The van der Waals surface area contributed by atoms with Crippen LogP contribution in [-0.4, -0.2) is 11.4 Å². The highest BCUT2D eigenvalue weighted by Crippen LogP contribution is 2.18. The second-order valence-electron chi connectivity index (χ2n) is 2.81. The van der Waals surface area contributed by atoms with E-state index in [0.717, 1.165) is 0 Å². The van der Waals surface area contributed by atoms with Gasteiger partial charge in [-0.1, -0.05) is 11.8 Å². The lowest BCUT2D eigenvalue weighted by molar-refractivity contribution is 1.28. The molecule has 0 aliphatic heterocycles. The van der Waals surface area contributed by atoms with Crippen LogP contribution in [0.5, 0.6) is 0 Å². The Morgan fingerprint density at radius 2 is 1.94 bits per heavy atom. The van der Waals surface area contributed by atoms with Gasteiger partial charge in [-0.05, 0) is 24.5 Å². The summed E-state index contributed by atoms with van der Waals surface area (Å²) in [7, 11) is 0. The fourth-order valence-corrected chi connectivity index (χ4v) is 1.43. The molecular formula is C11H7N5S. The van der Waals surface area contributed by atoms with Gasteiger partial charge < -0.3 is 0 Å². The predicted molar refractivity (Wildman–Crippen MR) is 65.2 cm³/mol. The summed E-state index contributed by atoms with van der Waals surface area (Å²) < 4.78 is 0. The van der Waals surface area contributed by atoms with Crippen molar-refractivity contribution in [2.24, 2.45) is 4.99 Å². The van der Waals surface area contributed by atoms with E-state index >= 15 is 0 Å². The van der Waals surface area contributed by atoms with Crippen LogP contribution in [0, 0.1) is 34.1 Å². The maximum absolute atomic E-state index is 8.85. The third kappa shape index (κ3) is 3.24. The second kappa shape index (κ2) is 6.17. The Balaban J connectivity index is 3.15. The third-order valence-corrected chi connectivity index (χ3v) is 2.41. The van der Waals surface area contributed by atoms with Crippen LogP contribution in [0.4, 0.5) is 5.69 Å². The number of benzene rings is 1. The number of aliphatic imine (C=N–C) groups is 1. The molecule has 0 aliphatic rings. The summed E-state index contributed by atoms with van der Waals surface area (Å²) in [6, 6.07) is 8.51. The van der Waals surface area contributed by atoms with E-state index in [1.807, 2.05) is 12.1 Å². The smallest absolute Gasteiger partial charge is 0.183 e. The molecule has 1 aromatic carbocycles. The highest BCUT2D eigenvalue weighted by Gasteiger charge is 2.03. The molecule has 0 aliphatic carbocycles. The second-order valence-corrected chi connectivity index (χ2v) is 3.61. The van der Waals surface area contributed by atoms with E-state index < -0.39 is 0 Å². The third-order valence-electron chi connectivity index (χ3n) is 1.83. The summed E-state index contributed by atoms with van der Waals surface area (Å²) in [5, 5.41) is 28.9. The molecule has 0 fully saturated rings. The molecule has 0 spiro atoms. The molecule has 0 saturated carbocycles. The molecule has 1 rings (SSSR count). The van der Waals surface area contributed by atoms with Crippen molar-refractivity contribution >= 4 is 22.6 Å². The molecule has 0 saturated heterocycles. The maximum Gasteiger partial charge on any atom is 0.183 e. The molecule has 0 unspecified atom stereocenters. The summed E-state index contributed by atoms with van der Waals surface area (Å²) in [5.41, 5.74) is 1.10. The highest BCUT2D eigenvalue weighted by atomic mass is 32.2. The van der Waals surface area contributed by atoms with Gasteiger partial charge >= 0.3 is 0 Å². The van der Waals surface area contributed by atoms with Crippen LogP contribution in [-0.2, 0) is 0 Å². The molecule has 17 heavy (non-hydrogen) atoms. The van der Waals surface area contributed by atoms with Gasteiger partial charge in [0.25, 0.3) is 0 Å². The largest absolute Gasteiger partial charge is 0.271 e. The Morgan fingerprint density at radius 1 is 1.24 bits per heavy atom. The molecule has 1 aromatic rings. The van der Waals surface area contributed by atoms with E-state index in [2.05, 4.69) is 10.3 Å². The van der Waals surface area contributed by atoms with Crippen molar-refractivity contribution in [2.45, 2.75) is 0 Å². The first-order chi connectivity index (χ1) is 8.24. The minimum absolute atomic E-state index is 0.270. The Hall–Kier alpha value is -2.49. The van der Waals surface area contributed by atoms with Crippen LogP contribution < -0.4 is 5.32 Å². The molecular weight excluding hydrogens is 234 g/mol. The van der Waals surface area contributed by atoms with Crippen LogP contribution in [0.1, 0.15) is 11.1 Å². The van der Waals surface area contributed by atoms with Crippen molar-refractivity contribution in [1.29, 1.82) is 15.8 Å². The number of rotatable bonds is 1. The molecule has 0 radical (unpaired) electrons. The zero-order valence-electron chi connectivity index (χ0n) is 8.93. The maximum atomic E-state index is 8.85. The average Bonchev–Trinajstić information content (AvgIpc) is 2.38. The van der Waals surface area contributed by atoms with Gasteiger partial charge in [0.15, 0.2) is 11.4 Å². The van der Waals surface area contributed by atoms with Crippen LogP contribution in [0.15, 0.2) is 23.2 Å². The normalized spacial score (nSPS) is 9.88. The fraction of sp³-hybridized carbons (Fsp3) is 0.0909. The Kier molecular flexibility index (Phi) is 4.57. The number of nitrogens with zero attached hydrogens (tertiary/aromatic N) is 4. The van der Waals surface area contributed by atoms with Gasteiger partial charge in [-0.2, -0.15) is 15.8 Å². The summed E-state index contributed by atoms with van der Waals surface area (Å²) in [4.78, 5) is 4.14. The van der Waals surface area contributed by atoms with E-state index in [9.17, 15) is 0 Å². The first kappa shape index (κ1) is 12.6. The Labute approximate surface area is 103 Å². The van der Waals surface area contributed by atoms with E-state index in [4.69, 9.17) is 15.8 Å². The summed E-state index contributed by atoms with van der Waals surface area (Å²) in [6.45, 7) is 0. The van der Waals surface area contributed by atoms with Gasteiger partial charge in [-0.3, -0.25) is 5.32 Å². The first-order valence-corrected chi connectivity index (χ1v) is 5.69. The zero-order valence-corrected chi connectivity index (χ0v) is 9.75. The van der Waals surface area contributed by atoms with E-state index in [1.165, 1.54) is 23.9 Å². The number of hydrogen-bond donors (Lipinski definition) is 1. The zero-order chi connectivity index (χ0) is 12.7. The molecule has 0 aromatic heterocycles. The van der Waals surface area contributed by atoms with Gasteiger partial charge in [-0.15, -0.1) is 0 Å². The van der Waals surface area contributed by atoms with Crippen LogP contribution >= 0.6 is 11.8 Å². The van der Waals surface area contributed by atoms with Crippen molar-refractivity contribution in [3.05, 3.63) is 29.3 Å². The number of thioether (sulfide) groups is 1. The molecule has 82 valence electrons. The van der Waals surface area contributed by atoms with Crippen molar-refractivity contribution in [1.82, 2.24) is 5.32 Å². The monoisotopic (exact) mass is 241 g/mol. The quantitative estimate of drug-likeness (QED) is 0.350. The number of nitriles is 3. The number of nitrogens with one attached hydrogen (secondary N) is 1. The standard InChI is InChI=1S/C11H7N5S/c1-17-11(15-7-14)16-10-3-2-8(5-12)9(4-10)6-13/h2-4H,1H3,(H,15,16). The van der Waals surface area contributed by atoms with E-state index in [1.54, 1.807) is 18.5 Å². The Bertz CT molecular complexity index is 571. The van der Waals surface area contributed by atoms with E-state index in [-0.39, 0.29) is 5.56 Å². The summed E-state index contributed by atoms with van der Waals surface area (Å²) in [5.74, 6) is 0. The molecule has 0 heterocycles. The van der Waals surface area contributed by atoms with Gasteiger partial charge in [-0.25, -0.2) is 4.99 Å². The van der Waals surface area contributed by atoms with Crippen LogP contribution in [0.2, 0.25) is 0 Å². The van der Waals surface area contributed by atoms with Crippen molar-refractivity contribution in [2.75, 3.05) is 6.26 Å². The molecule has 0 atom stereocenters. The lowest BCUT2D eigenvalue weighted by Crippen LogP contribution is -2.12. The highest BCUT2D eigenvalue weighted by molar-refractivity contribution is 8.13. The lowest BCUT2D eigenvalue weighted by Gasteiger charge is -2.00. The molecule has 1 N–H and O–H groups in total. The number of amidine groups is 1. The minimum Gasteiger partial charge on any atom is -0.271 e. The van der Waals surface area contributed by atoms with Crippen molar-refractivity contribution in [3.8, 4) is 18.3 Å². The Morgan fingerprint density at radius 3 is 2.47 bits per heavy atom. The SMILES string of the molecule is CSC(=Nc1ccc(C#N)c(C#N)c1)NC#N. The summed E-state index contributed by atoms with van der Waals surface area (Å²) >= 11 is 1.28. The molecule has 0 bridgehead atoms. The van der Waals surface area contributed by atoms with Crippen LogP contribution in [0.25, 0.3) is 0 Å². The van der Waals surface area contributed by atoms with Gasteiger partial charge in [0.05, 0.1) is 16.8 Å². The molecule has 6 heteroatoms. The first-order valence-electron chi connectivity index (χ1n) is 4.47. The fourth-order valence-electron chi connectivity index (χ4n) is 1.08. The summed E-state index contributed by atoms with van der Waals surface area (Å²) in [6.07, 6.45) is 3.55. The minimum atomic E-state index is 0.270. The predicted octanol–water partition coefficient (Wildman–Crippen LogP) is 1.85. The lowest BCUT2D eigenvalue weighted by atomic mass is 10.1. The topological polar surface area (TPSA) is 95.8 Å². The van der Waals surface area contributed by atoms with Crippen molar-refractivity contribution in [3.63, 3.8) is 0 Å². The average molecular weight is 241 g/mol. The van der Waals surface area contributed by atoms with Gasteiger partial charge in [0.2, 0.25) is 0 Å². The van der Waals surface area contributed by atoms with E-state index in [0.29, 0.717) is 16.4 Å². The number of hydrogen-bond acceptors (Lipinski definition) is 5. The molecule has 0 amide bonds. The van der Waals surface area contributed by atoms with Gasteiger partial charge in [0, 0.05) is 0 Å².